The average Bonchev–Trinajstić information content (AvgIpc) is 2.43. The minimum Gasteiger partial charge on any atom is -0.455 e. The summed E-state index contributed by atoms with van der Waals surface area (Å²) in [6.07, 6.45) is 2.06. The van der Waals surface area contributed by atoms with E-state index in [0.29, 0.717) is 0 Å². The quantitative estimate of drug-likeness (QED) is 0.504. The Hall–Kier alpha value is -0.300. The fourth-order valence-corrected chi connectivity index (χ4v) is 3.64. The van der Waals surface area contributed by atoms with Crippen molar-refractivity contribution in [3.05, 3.63) is 54.7 Å². The molecule has 0 bridgehead atoms. The van der Waals surface area contributed by atoms with E-state index in [1.807, 2.05) is 12.1 Å². The predicted molar refractivity (Wildman–Crippen MR) is 97.1 cm³/mol. The molecule has 0 spiro atoms. The first-order valence-corrected chi connectivity index (χ1v) is 8.55. The Morgan fingerprint density at radius 1 is 0.789 bits per heavy atom. The second-order valence-corrected chi connectivity index (χ2v) is 6.43. The number of hydrogen-bond donors (Lipinski definition) is 0. The van der Waals surface area contributed by atoms with Gasteiger partial charge < -0.3 is 4.74 Å². The lowest BCUT2D eigenvalue weighted by molar-refractivity contribution is 0.474. The Balaban J connectivity index is 2.36. The third kappa shape index (κ3) is 3.42. The van der Waals surface area contributed by atoms with Crippen LogP contribution in [0.3, 0.4) is 0 Å². The minimum atomic E-state index is 0.950. The van der Waals surface area contributed by atoms with E-state index in [-0.39, 0.29) is 0 Å². The summed E-state index contributed by atoms with van der Waals surface area (Å²) in [7, 11) is 0. The number of aryl methyl sites for hydroxylation is 2. The smallest absolute Gasteiger partial charge is 0.141 e. The molecule has 0 unspecified atom stereocenters. The summed E-state index contributed by atoms with van der Waals surface area (Å²) in [6, 6.07) is 12.5. The fraction of sp³-hybridized carbons (Fsp3) is 0.250. The van der Waals surface area contributed by atoms with Gasteiger partial charge in [-0.1, -0.05) is 38.1 Å². The van der Waals surface area contributed by atoms with Gasteiger partial charge >= 0.3 is 0 Å². The first kappa shape index (κ1) is 15.1. The predicted octanol–water partition coefficient (Wildman–Crippen LogP) is 5.81. The van der Waals surface area contributed by atoms with Crippen LogP contribution in [0.2, 0.25) is 0 Å². The van der Waals surface area contributed by atoms with E-state index in [1.54, 1.807) is 0 Å². The van der Waals surface area contributed by atoms with Gasteiger partial charge in [-0.15, -0.1) is 0 Å². The number of rotatable bonds is 4. The molecule has 0 atom stereocenters. The molecular weight excluding hydrogens is 462 g/mol. The van der Waals surface area contributed by atoms with Gasteiger partial charge in [0.25, 0.3) is 0 Å². The molecule has 0 radical (unpaired) electrons. The largest absolute Gasteiger partial charge is 0.455 e. The zero-order valence-electron chi connectivity index (χ0n) is 11.0. The fourth-order valence-electron chi connectivity index (χ4n) is 1.93. The third-order valence-corrected chi connectivity index (χ3v) is 5.52. The van der Waals surface area contributed by atoms with Gasteiger partial charge in [0.2, 0.25) is 0 Å². The summed E-state index contributed by atoms with van der Waals surface area (Å²) in [5.74, 6) is 1.90. The zero-order chi connectivity index (χ0) is 13.8. The van der Waals surface area contributed by atoms with Crippen molar-refractivity contribution >= 4 is 45.2 Å². The molecular formula is C16H16I2O. The average molecular weight is 478 g/mol. The summed E-state index contributed by atoms with van der Waals surface area (Å²) in [5.41, 5.74) is 2.67. The van der Waals surface area contributed by atoms with E-state index in [1.165, 1.54) is 18.3 Å². The van der Waals surface area contributed by atoms with Crippen molar-refractivity contribution in [1.82, 2.24) is 0 Å². The molecule has 0 saturated heterocycles. The van der Waals surface area contributed by atoms with Gasteiger partial charge in [0.1, 0.15) is 11.5 Å². The van der Waals surface area contributed by atoms with Crippen LogP contribution in [0.15, 0.2) is 36.4 Å². The van der Waals surface area contributed by atoms with Crippen LogP contribution in [-0.2, 0) is 12.8 Å². The lowest BCUT2D eigenvalue weighted by Gasteiger charge is -2.13. The summed E-state index contributed by atoms with van der Waals surface area (Å²) in [5, 5.41) is 0. The van der Waals surface area contributed by atoms with Gasteiger partial charge in [-0.05, 0) is 81.3 Å². The SMILES string of the molecule is CCc1cccc(Oc2cccc(CC)c2I)c1I. The monoisotopic (exact) mass is 478 g/mol. The summed E-state index contributed by atoms with van der Waals surface area (Å²) < 4.78 is 8.53. The van der Waals surface area contributed by atoms with E-state index < -0.39 is 0 Å². The van der Waals surface area contributed by atoms with Crippen LogP contribution in [0.5, 0.6) is 11.5 Å². The molecule has 0 heterocycles. The Morgan fingerprint density at radius 2 is 1.21 bits per heavy atom. The van der Waals surface area contributed by atoms with Gasteiger partial charge in [0.15, 0.2) is 0 Å². The molecule has 0 aliphatic heterocycles. The topological polar surface area (TPSA) is 9.23 Å². The van der Waals surface area contributed by atoms with Crippen LogP contribution in [0, 0.1) is 7.14 Å². The Bertz CT molecular complexity index is 527. The van der Waals surface area contributed by atoms with Crippen LogP contribution in [0.4, 0.5) is 0 Å². The van der Waals surface area contributed by atoms with Gasteiger partial charge in [0.05, 0.1) is 7.14 Å². The van der Waals surface area contributed by atoms with Crippen LogP contribution < -0.4 is 4.74 Å². The highest BCUT2D eigenvalue weighted by Gasteiger charge is 2.10. The first-order chi connectivity index (χ1) is 9.17. The Kier molecular flexibility index (Phi) is 5.50. The van der Waals surface area contributed by atoms with Crippen molar-refractivity contribution in [2.24, 2.45) is 0 Å². The maximum atomic E-state index is 6.11. The van der Waals surface area contributed by atoms with E-state index >= 15 is 0 Å². The van der Waals surface area contributed by atoms with Crippen LogP contribution in [0.25, 0.3) is 0 Å². The van der Waals surface area contributed by atoms with Crippen molar-refractivity contribution in [2.75, 3.05) is 0 Å². The molecule has 0 saturated carbocycles. The molecule has 0 N–H and O–H groups in total. The maximum absolute atomic E-state index is 6.11. The highest BCUT2D eigenvalue weighted by Crippen LogP contribution is 2.33. The van der Waals surface area contributed by atoms with Crippen molar-refractivity contribution < 1.29 is 4.74 Å². The molecule has 0 amide bonds. The number of halogens is 2. The van der Waals surface area contributed by atoms with Gasteiger partial charge in [-0.2, -0.15) is 0 Å². The van der Waals surface area contributed by atoms with Crippen molar-refractivity contribution in [3.63, 3.8) is 0 Å². The van der Waals surface area contributed by atoms with E-state index in [9.17, 15) is 0 Å². The maximum Gasteiger partial charge on any atom is 0.141 e. The molecule has 2 aromatic carbocycles. The number of benzene rings is 2. The molecule has 0 aliphatic carbocycles. The third-order valence-electron chi connectivity index (χ3n) is 3.07. The molecule has 0 aromatic heterocycles. The molecule has 1 nitrogen and oxygen atoms in total. The lowest BCUT2D eigenvalue weighted by atomic mass is 10.1. The molecule has 2 aromatic rings. The Labute approximate surface area is 142 Å². The van der Waals surface area contributed by atoms with E-state index in [0.717, 1.165) is 24.3 Å². The normalized spacial score (nSPS) is 10.5. The molecule has 19 heavy (non-hydrogen) atoms. The van der Waals surface area contributed by atoms with Crippen LogP contribution >= 0.6 is 45.2 Å². The van der Waals surface area contributed by atoms with E-state index in [4.69, 9.17) is 4.74 Å². The summed E-state index contributed by atoms with van der Waals surface area (Å²) >= 11 is 4.74. The molecule has 3 heteroatoms. The highest BCUT2D eigenvalue weighted by molar-refractivity contribution is 14.1. The molecule has 0 aliphatic rings. The minimum absolute atomic E-state index is 0.950. The standard InChI is InChI=1S/C16H16I2O/c1-3-11-7-5-9-13(15(11)17)19-14-10-6-8-12(4-2)16(14)18/h5-10H,3-4H2,1-2H3. The molecule has 0 fully saturated rings. The Morgan fingerprint density at radius 3 is 1.58 bits per heavy atom. The van der Waals surface area contributed by atoms with E-state index in [2.05, 4.69) is 83.3 Å². The zero-order valence-corrected chi connectivity index (χ0v) is 15.4. The number of hydrogen-bond acceptors (Lipinski definition) is 1. The highest BCUT2D eigenvalue weighted by atomic mass is 127. The van der Waals surface area contributed by atoms with Crippen LogP contribution in [0.1, 0.15) is 25.0 Å². The summed E-state index contributed by atoms with van der Waals surface area (Å²) in [6.45, 7) is 4.34. The lowest BCUT2D eigenvalue weighted by Crippen LogP contribution is -1.95. The second-order valence-electron chi connectivity index (χ2n) is 4.27. The van der Waals surface area contributed by atoms with Gasteiger partial charge in [-0.25, -0.2) is 0 Å². The first-order valence-electron chi connectivity index (χ1n) is 6.40. The van der Waals surface area contributed by atoms with Crippen molar-refractivity contribution in [1.29, 1.82) is 0 Å². The molecule has 2 rings (SSSR count). The summed E-state index contributed by atoms with van der Waals surface area (Å²) in [4.78, 5) is 0. The van der Waals surface area contributed by atoms with Crippen molar-refractivity contribution in [3.8, 4) is 11.5 Å². The van der Waals surface area contributed by atoms with Crippen molar-refractivity contribution in [2.45, 2.75) is 26.7 Å². The van der Waals surface area contributed by atoms with Gasteiger partial charge in [0, 0.05) is 0 Å². The number of ether oxygens (including phenoxy) is 1. The second kappa shape index (κ2) is 6.92. The van der Waals surface area contributed by atoms with Crippen LogP contribution in [-0.4, -0.2) is 0 Å². The molecule has 100 valence electrons. The van der Waals surface area contributed by atoms with Gasteiger partial charge in [-0.3, -0.25) is 0 Å².